The summed E-state index contributed by atoms with van der Waals surface area (Å²) in [6.07, 6.45) is 1.39. The van der Waals surface area contributed by atoms with Crippen LogP contribution in [0.3, 0.4) is 0 Å². The molecule has 0 amide bonds. The SMILES string of the molecule is CC(C)c1ncc(C(=O)O)n1C.Cl. The molecular formula is C8H13ClN2O2. The minimum absolute atomic E-state index is 0. The van der Waals surface area contributed by atoms with Crippen molar-refractivity contribution in [3.63, 3.8) is 0 Å². The topological polar surface area (TPSA) is 55.1 Å². The summed E-state index contributed by atoms with van der Waals surface area (Å²) in [7, 11) is 1.71. The zero-order chi connectivity index (χ0) is 9.30. The number of aromatic nitrogens is 2. The van der Waals surface area contributed by atoms with Gasteiger partial charge in [-0.25, -0.2) is 9.78 Å². The molecule has 74 valence electrons. The number of hydrogen-bond donors (Lipinski definition) is 1. The molecule has 0 aliphatic rings. The summed E-state index contributed by atoms with van der Waals surface area (Å²) in [6.45, 7) is 3.96. The molecule has 0 bridgehead atoms. The molecule has 1 heterocycles. The molecule has 0 fully saturated rings. The molecule has 0 saturated heterocycles. The van der Waals surface area contributed by atoms with Crippen molar-refractivity contribution in [1.82, 2.24) is 9.55 Å². The molecule has 0 aromatic carbocycles. The third-order valence-corrected chi connectivity index (χ3v) is 1.76. The summed E-state index contributed by atoms with van der Waals surface area (Å²) in [5.41, 5.74) is 0.235. The molecule has 0 unspecified atom stereocenters. The molecule has 0 aliphatic heterocycles. The van der Waals surface area contributed by atoms with E-state index in [9.17, 15) is 4.79 Å². The maximum absolute atomic E-state index is 10.6. The number of aromatic carboxylic acids is 1. The summed E-state index contributed by atoms with van der Waals surface area (Å²) < 4.78 is 1.60. The minimum atomic E-state index is -0.933. The van der Waals surface area contributed by atoms with Gasteiger partial charge in [0.2, 0.25) is 0 Å². The van der Waals surface area contributed by atoms with Crippen LogP contribution in [-0.4, -0.2) is 20.6 Å². The first kappa shape index (κ1) is 12.0. The number of imidazole rings is 1. The van der Waals surface area contributed by atoms with Crippen molar-refractivity contribution in [3.05, 3.63) is 17.7 Å². The van der Waals surface area contributed by atoms with Gasteiger partial charge in [0.1, 0.15) is 11.5 Å². The van der Waals surface area contributed by atoms with E-state index in [4.69, 9.17) is 5.11 Å². The van der Waals surface area contributed by atoms with Crippen molar-refractivity contribution in [1.29, 1.82) is 0 Å². The van der Waals surface area contributed by atoms with E-state index in [1.54, 1.807) is 11.6 Å². The van der Waals surface area contributed by atoms with E-state index in [0.29, 0.717) is 0 Å². The quantitative estimate of drug-likeness (QED) is 0.797. The Labute approximate surface area is 83.0 Å². The first-order chi connectivity index (χ1) is 5.54. The molecule has 5 heteroatoms. The first-order valence-corrected chi connectivity index (χ1v) is 3.79. The fourth-order valence-corrected chi connectivity index (χ4v) is 1.16. The molecule has 4 nitrogen and oxygen atoms in total. The lowest BCUT2D eigenvalue weighted by molar-refractivity contribution is 0.0686. The van der Waals surface area contributed by atoms with Gasteiger partial charge in [0.15, 0.2) is 0 Å². The lowest BCUT2D eigenvalue weighted by atomic mass is 10.2. The summed E-state index contributed by atoms with van der Waals surface area (Å²) in [5, 5.41) is 8.70. The van der Waals surface area contributed by atoms with Crippen LogP contribution in [0, 0.1) is 0 Å². The Kier molecular flexibility index (Phi) is 3.94. The third-order valence-electron chi connectivity index (χ3n) is 1.76. The number of carboxylic acids is 1. The average molecular weight is 205 g/mol. The van der Waals surface area contributed by atoms with Crippen LogP contribution in [0.15, 0.2) is 6.20 Å². The van der Waals surface area contributed by atoms with E-state index >= 15 is 0 Å². The van der Waals surface area contributed by atoms with Crippen molar-refractivity contribution in [2.45, 2.75) is 19.8 Å². The highest BCUT2D eigenvalue weighted by molar-refractivity contribution is 5.85. The molecule has 1 aromatic heterocycles. The van der Waals surface area contributed by atoms with Crippen molar-refractivity contribution >= 4 is 18.4 Å². The van der Waals surface area contributed by atoms with Crippen LogP contribution >= 0.6 is 12.4 Å². The van der Waals surface area contributed by atoms with Gasteiger partial charge in [0, 0.05) is 13.0 Å². The Morgan fingerprint density at radius 3 is 2.38 bits per heavy atom. The fourth-order valence-electron chi connectivity index (χ4n) is 1.16. The van der Waals surface area contributed by atoms with Gasteiger partial charge in [-0.1, -0.05) is 13.8 Å². The van der Waals surface area contributed by atoms with Crippen molar-refractivity contribution in [2.24, 2.45) is 7.05 Å². The Bertz CT molecular complexity index is 307. The van der Waals surface area contributed by atoms with Crippen LogP contribution < -0.4 is 0 Å². The van der Waals surface area contributed by atoms with Gasteiger partial charge in [-0.3, -0.25) is 0 Å². The Hall–Kier alpha value is -1.03. The maximum Gasteiger partial charge on any atom is 0.354 e. The van der Waals surface area contributed by atoms with Crippen LogP contribution in [0.25, 0.3) is 0 Å². The molecule has 0 radical (unpaired) electrons. The smallest absolute Gasteiger partial charge is 0.354 e. The molecular weight excluding hydrogens is 192 g/mol. The van der Waals surface area contributed by atoms with E-state index in [-0.39, 0.29) is 24.0 Å². The molecule has 0 aliphatic carbocycles. The van der Waals surface area contributed by atoms with E-state index < -0.39 is 5.97 Å². The molecule has 1 rings (SSSR count). The molecule has 13 heavy (non-hydrogen) atoms. The van der Waals surface area contributed by atoms with Crippen molar-refractivity contribution < 1.29 is 9.90 Å². The number of nitrogens with zero attached hydrogens (tertiary/aromatic N) is 2. The number of carboxylic acid groups (broad SMARTS) is 1. The zero-order valence-electron chi connectivity index (χ0n) is 7.81. The second-order valence-corrected chi connectivity index (χ2v) is 3.02. The summed E-state index contributed by atoms with van der Waals surface area (Å²) in [4.78, 5) is 14.6. The summed E-state index contributed by atoms with van der Waals surface area (Å²) >= 11 is 0. The van der Waals surface area contributed by atoms with Gasteiger partial charge in [-0.05, 0) is 0 Å². The molecule has 1 aromatic rings. The first-order valence-electron chi connectivity index (χ1n) is 3.79. The number of carbonyl (C=O) groups is 1. The minimum Gasteiger partial charge on any atom is -0.477 e. The third kappa shape index (κ3) is 2.21. The standard InChI is InChI=1S/C8H12N2O2.ClH/c1-5(2)7-9-4-6(8(11)12)10(7)3;/h4-5H,1-3H3,(H,11,12);1H. The number of rotatable bonds is 2. The van der Waals surface area contributed by atoms with E-state index in [0.717, 1.165) is 5.82 Å². The molecule has 1 N–H and O–H groups in total. The second-order valence-electron chi connectivity index (χ2n) is 3.02. The van der Waals surface area contributed by atoms with Crippen LogP contribution in [0.1, 0.15) is 36.1 Å². The second kappa shape index (κ2) is 4.28. The normalized spacial score (nSPS) is 9.85. The van der Waals surface area contributed by atoms with Gasteiger partial charge in [0.25, 0.3) is 0 Å². The van der Waals surface area contributed by atoms with Gasteiger partial charge in [0.05, 0.1) is 6.20 Å². The van der Waals surface area contributed by atoms with E-state index in [1.165, 1.54) is 6.20 Å². The monoisotopic (exact) mass is 204 g/mol. The zero-order valence-corrected chi connectivity index (χ0v) is 8.63. The summed E-state index contributed by atoms with van der Waals surface area (Å²) in [5.74, 6) is 0.118. The largest absolute Gasteiger partial charge is 0.477 e. The molecule has 0 spiro atoms. The van der Waals surface area contributed by atoms with Crippen molar-refractivity contribution in [2.75, 3.05) is 0 Å². The fraction of sp³-hybridized carbons (Fsp3) is 0.500. The van der Waals surface area contributed by atoms with Crippen LogP contribution in [0.4, 0.5) is 0 Å². The highest BCUT2D eigenvalue weighted by Gasteiger charge is 2.13. The average Bonchev–Trinajstić information content (AvgIpc) is 2.30. The highest BCUT2D eigenvalue weighted by Crippen LogP contribution is 2.13. The predicted octanol–water partition coefficient (Wildman–Crippen LogP) is 1.66. The number of hydrogen-bond acceptors (Lipinski definition) is 2. The lowest BCUT2D eigenvalue weighted by Gasteiger charge is -2.05. The Morgan fingerprint density at radius 2 is 2.15 bits per heavy atom. The van der Waals surface area contributed by atoms with Crippen molar-refractivity contribution in [3.8, 4) is 0 Å². The van der Waals surface area contributed by atoms with Gasteiger partial charge >= 0.3 is 5.97 Å². The lowest BCUT2D eigenvalue weighted by Crippen LogP contribution is -2.07. The van der Waals surface area contributed by atoms with Crippen LogP contribution in [-0.2, 0) is 7.05 Å². The van der Waals surface area contributed by atoms with Gasteiger partial charge in [-0.15, -0.1) is 12.4 Å². The van der Waals surface area contributed by atoms with Crippen LogP contribution in [0.5, 0.6) is 0 Å². The maximum atomic E-state index is 10.6. The van der Waals surface area contributed by atoms with Crippen LogP contribution in [0.2, 0.25) is 0 Å². The Balaban J connectivity index is 0.00000144. The predicted molar refractivity (Wildman–Crippen MR) is 51.5 cm³/mol. The van der Waals surface area contributed by atoms with Gasteiger partial charge < -0.3 is 9.67 Å². The van der Waals surface area contributed by atoms with E-state index in [2.05, 4.69) is 4.98 Å². The molecule has 0 saturated carbocycles. The number of halogens is 1. The molecule has 0 atom stereocenters. The van der Waals surface area contributed by atoms with E-state index in [1.807, 2.05) is 13.8 Å². The Morgan fingerprint density at radius 1 is 1.62 bits per heavy atom. The highest BCUT2D eigenvalue weighted by atomic mass is 35.5. The van der Waals surface area contributed by atoms with Gasteiger partial charge in [-0.2, -0.15) is 0 Å². The summed E-state index contributed by atoms with van der Waals surface area (Å²) in [6, 6.07) is 0.